The third kappa shape index (κ3) is 8.61. The van der Waals surface area contributed by atoms with Gasteiger partial charge >= 0.3 is 0 Å². The molecule has 14 heteroatoms. The van der Waals surface area contributed by atoms with E-state index in [1.54, 1.807) is 6.08 Å². The lowest BCUT2D eigenvalue weighted by Crippen LogP contribution is -2.65. The van der Waals surface area contributed by atoms with Gasteiger partial charge in [-0.25, -0.2) is 0 Å². The molecule has 216 valence electrons. The van der Waals surface area contributed by atoms with Crippen LogP contribution in [0.2, 0.25) is 0 Å². The maximum absolute atomic E-state index is 11.6. The smallest absolute Gasteiger partial charge is 0.217 e. The minimum atomic E-state index is -1.78. The van der Waals surface area contributed by atoms with Gasteiger partial charge in [0.1, 0.15) is 48.8 Å². The minimum Gasteiger partial charge on any atom is -0.394 e. The van der Waals surface area contributed by atoms with E-state index < -0.39 is 92.7 Å². The average Bonchev–Trinajstić information content (AvgIpc) is 2.87. The SMILES string of the molecule is CCCC/C=C/C(O)C(COC1OC(CO)C(OC2OC(CO)C(O)C(O)C2O)C(O)C1O)NC(C)=O. The predicted molar refractivity (Wildman–Crippen MR) is 125 cm³/mol. The van der Waals surface area contributed by atoms with Crippen LogP contribution in [0.4, 0.5) is 0 Å². The lowest BCUT2D eigenvalue weighted by molar-refractivity contribution is -0.359. The van der Waals surface area contributed by atoms with Gasteiger partial charge in [0.05, 0.1) is 32.0 Å². The van der Waals surface area contributed by atoms with Gasteiger partial charge in [-0.3, -0.25) is 4.79 Å². The number of unbranched alkanes of at least 4 members (excludes halogenated alkanes) is 2. The number of hydrogen-bond acceptors (Lipinski definition) is 13. The van der Waals surface area contributed by atoms with Crippen molar-refractivity contribution in [1.29, 1.82) is 0 Å². The van der Waals surface area contributed by atoms with Crippen molar-refractivity contribution in [1.82, 2.24) is 5.32 Å². The Labute approximate surface area is 215 Å². The largest absolute Gasteiger partial charge is 0.394 e. The number of aliphatic hydroxyl groups excluding tert-OH is 8. The van der Waals surface area contributed by atoms with Gasteiger partial charge in [-0.1, -0.05) is 31.9 Å². The Hall–Kier alpha value is -1.27. The Morgan fingerprint density at radius 1 is 0.946 bits per heavy atom. The Balaban J connectivity index is 2.05. The van der Waals surface area contributed by atoms with E-state index in [-0.39, 0.29) is 6.61 Å². The van der Waals surface area contributed by atoms with E-state index in [1.807, 2.05) is 6.92 Å². The molecule has 0 aliphatic carbocycles. The second kappa shape index (κ2) is 15.4. The summed E-state index contributed by atoms with van der Waals surface area (Å²) in [7, 11) is 0. The number of carbonyl (C=O) groups is 1. The fourth-order valence-electron chi connectivity index (χ4n) is 4.07. The first kappa shape index (κ1) is 31.9. The van der Waals surface area contributed by atoms with E-state index in [1.165, 1.54) is 13.0 Å². The zero-order chi connectivity index (χ0) is 27.7. The molecular weight excluding hydrogens is 498 g/mol. The Kier molecular flexibility index (Phi) is 13.3. The zero-order valence-corrected chi connectivity index (χ0v) is 20.9. The number of nitrogens with one attached hydrogen (secondary N) is 1. The summed E-state index contributed by atoms with van der Waals surface area (Å²) in [6, 6.07) is -0.904. The summed E-state index contributed by atoms with van der Waals surface area (Å²) in [5.41, 5.74) is 0. The van der Waals surface area contributed by atoms with Crippen LogP contribution < -0.4 is 5.32 Å². The highest BCUT2D eigenvalue weighted by molar-refractivity contribution is 5.73. The molecule has 2 saturated heterocycles. The molecular formula is C23H41NO13. The number of ether oxygens (including phenoxy) is 4. The highest BCUT2D eigenvalue weighted by atomic mass is 16.7. The summed E-state index contributed by atoms with van der Waals surface area (Å²) in [6.07, 6.45) is -10.9. The van der Waals surface area contributed by atoms with Crippen molar-refractivity contribution >= 4 is 5.91 Å². The van der Waals surface area contributed by atoms with Crippen LogP contribution >= 0.6 is 0 Å². The van der Waals surface area contributed by atoms with E-state index in [9.17, 15) is 45.6 Å². The van der Waals surface area contributed by atoms with Gasteiger partial charge in [-0.15, -0.1) is 0 Å². The third-order valence-corrected chi connectivity index (χ3v) is 6.26. The molecule has 0 aromatic heterocycles. The summed E-state index contributed by atoms with van der Waals surface area (Å²) in [5, 5.41) is 83.5. The number of hydrogen-bond donors (Lipinski definition) is 9. The minimum absolute atomic E-state index is 0.316. The van der Waals surface area contributed by atoms with Crippen molar-refractivity contribution in [3.05, 3.63) is 12.2 Å². The van der Waals surface area contributed by atoms with E-state index in [0.717, 1.165) is 19.3 Å². The summed E-state index contributed by atoms with van der Waals surface area (Å²) in [5.74, 6) is -0.430. The van der Waals surface area contributed by atoms with Gasteiger partial charge in [0.25, 0.3) is 0 Å². The van der Waals surface area contributed by atoms with E-state index in [2.05, 4.69) is 5.32 Å². The molecule has 14 nitrogen and oxygen atoms in total. The van der Waals surface area contributed by atoms with Crippen molar-refractivity contribution in [2.75, 3.05) is 19.8 Å². The van der Waals surface area contributed by atoms with Crippen molar-refractivity contribution < 1.29 is 64.6 Å². The monoisotopic (exact) mass is 539 g/mol. The maximum Gasteiger partial charge on any atom is 0.217 e. The van der Waals surface area contributed by atoms with E-state index >= 15 is 0 Å². The van der Waals surface area contributed by atoms with Crippen LogP contribution in [0, 0.1) is 0 Å². The normalized spacial score (nSPS) is 38.4. The van der Waals surface area contributed by atoms with Gasteiger partial charge in [0.2, 0.25) is 5.91 Å². The molecule has 0 aromatic rings. The Morgan fingerprint density at radius 3 is 2.16 bits per heavy atom. The quantitative estimate of drug-likeness (QED) is 0.0810. The highest BCUT2D eigenvalue weighted by Gasteiger charge is 2.50. The van der Waals surface area contributed by atoms with E-state index in [0.29, 0.717) is 0 Å². The maximum atomic E-state index is 11.6. The Bertz CT molecular complexity index is 708. The van der Waals surface area contributed by atoms with Crippen molar-refractivity contribution in [3.63, 3.8) is 0 Å². The van der Waals surface area contributed by atoms with Crippen LogP contribution in [0.3, 0.4) is 0 Å². The molecule has 0 bridgehead atoms. The fraction of sp³-hybridized carbons (Fsp3) is 0.870. The summed E-state index contributed by atoms with van der Waals surface area (Å²) in [6.45, 7) is 1.55. The molecule has 12 unspecified atom stereocenters. The van der Waals surface area contributed by atoms with Crippen molar-refractivity contribution in [3.8, 4) is 0 Å². The molecule has 0 spiro atoms. The average molecular weight is 540 g/mol. The lowest BCUT2D eigenvalue weighted by Gasteiger charge is -2.46. The van der Waals surface area contributed by atoms with Crippen LogP contribution in [0.25, 0.3) is 0 Å². The van der Waals surface area contributed by atoms with Crippen LogP contribution in [-0.2, 0) is 23.7 Å². The first-order valence-corrected chi connectivity index (χ1v) is 12.4. The molecule has 0 saturated carbocycles. The van der Waals surface area contributed by atoms with Crippen LogP contribution in [0.1, 0.15) is 33.1 Å². The van der Waals surface area contributed by atoms with Crippen LogP contribution in [-0.4, -0.2) is 140 Å². The molecule has 2 fully saturated rings. The first-order chi connectivity index (χ1) is 17.5. The molecule has 9 N–H and O–H groups in total. The van der Waals surface area contributed by atoms with Crippen LogP contribution in [0.15, 0.2) is 12.2 Å². The summed E-state index contributed by atoms with van der Waals surface area (Å²) < 4.78 is 21.8. The number of allylic oxidation sites excluding steroid dienone is 1. The second-order valence-corrected chi connectivity index (χ2v) is 9.21. The van der Waals surface area contributed by atoms with E-state index in [4.69, 9.17) is 18.9 Å². The summed E-state index contributed by atoms with van der Waals surface area (Å²) in [4.78, 5) is 11.6. The molecule has 2 rings (SSSR count). The standard InChI is InChI=1S/C23H41NO13/c1-3-4-5-6-7-13(28)12(24-11(2)27)10-34-22-20(33)18(31)21(15(9-26)36-22)37-23-19(32)17(30)16(29)14(8-25)35-23/h6-7,12-23,25-26,28-33H,3-5,8-10H2,1-2H3,(H,24,27)/b7-6+. The van der Waals surface area contributed by atoms with Crippen molar-refractivity contribution in [2.24, 2.45) is 0 Å². The zero-order valence-electron chi connectivity index (χ0n) is 20.9. The molecule has 37 heavy (non-hydrogen) atoms. The number of amides is 1. The first-order valence-electron chi connectivity index (χ1n) is 12.4. The second-order valence-electron chi connectivity index (χ2n) is 9.21. The molecule has 2 aliphatic heterocycles. The van der Waals surface area contributed by atoms with Crippen molar-refractivity contribution in [2.45, 2.75) is 107 Å². The number of carbonyl (C=O) groups excluding carboxylic acids is 1. The highest BCUT2D eigenvalue weighted by Crippen LogP contribution is 2.29. The van der Waals surface area contributed by atoms with Gasteiger partial charge in [-0.2, -0.15) is 0 Å². The molecule has 2 heterocycles. The van der Waals surface area contributed by atoms with Gasteiger partial charge in [0.15, 0.2) is 12.6 Å². The predicted octanol–water partition coefficient (Wildman–Crippen LogP) is -3.76. The topological polar surface area (TPSA) is 228 Å². The van der Waals surface area contributed by atoms with Crippen LogP contribution in [0.5, 0.6) is 0 Å². The molecule has 2 aliphatic rings. The third-order valence-electron chi connectivity index (χ3n) is 6.26. The van der Waals surface area contributed by atoms with Gasteiger partial charge in [0, 0.05) is 6.92 Å². The molecule has 12 atom stereocenters. The Morgan fingerprint density at radius 2 is 1.57 bits per heavy atom. The molecule has 0 radical (unpaired) electrons. The number of aliphatic hydroxyl groups is 8. The lowest BCUT2D eigenvalue weighted by atomic mass is 9.97. The van der Waals surface area contributed by atoms with Gasteiger partial charge in [-0.05, 0) is 6.42 Å². The summed E-state index contributed by atoms with van der Waals surface area (Å²) >= 11 is 0. The molecule has 1 amide bonds. The number of rotatable bonds is 13. The fourth-order valence-corrected chi connectivity index (χ4v) is 4.07. The molecule has 0 aromatic carbocycles. The van der Waals surface area contributed by atoms with Gasteiger partial charge < -0.3 is 65.1 Å².